The van der Waals surface area contributed by atoms with Crippen molar-refractivity contribution in [2.45, 2.75) is 6.42 Å². The Balaban J connectivity index is 2.64. The van der Waals surface area contributed by atoms with Crippen LogP contribution in [-0.4, -0.2) is 20.8 Å². The van der Waals surface area contributed by atoms with Crippen molar-refractivity contribution < 1.29 is 13.9 Å². The highest BCUT2D eigenvalue weighted by atomic mass is 19.1. The molecule has 20 heavy (non-hydrogen) atoms. The first-order valence-corrected chi connectivity index (χ1v) is 6.41. The van der Waals surface area contributed by atoms with Crippen LogP contribution >= 0.6 is 0 Å². The van der Waals surface area contributed by atoms with Crippen LogP contribution in [0.3, 0.4) is 0 Å². The number of hydrogen-bond acceptors (Lipinski definition) is 3. The topological polar surface area (TPSA) is 44.5 Å². The van der Waals surface area contributed by atoms with Crippen molar-refractivity contribution in [1.82, 2.24) is 0 Å². The molecule has 0 aliphatic heterocycles. The summed E-state index contributed by atoms with van der Waals surface area (Å²) in [6, 6.07) is 10.4. The summed E-state index contributed by atoms with van der Waals surface area (Å²) in [6.45, 7) is 0.542. The Morgan fingerprint density at radius 3 is 2.45 bits per heavy atom. The van der Waals surface area contributed by atoms with E-state index >= 15 is 0 Å². The maximum Gasteiger partial charge on any atom is 0.134 e. The Morgan fingerprint density at radius 2 is 1.80 bits per heavy atom. The van der Waals surface area contributed by atoms with Crippen molar-refractivity contribution in [3.05, 3.63) is 47.8 Å². The molecule has 0 amide bonds. The Bertz CT molecular complexity index is 599. The molecule has 0 spiro atoms. The van der Waals surface area contributed by atoms with Crippen LogP contribution in [-0.2, 0) is 6.42 Å². The molecular weight excluding hydrogens is 257 g/mol. The Hall–Kier alpha value is -2.07. The molecule has 106 valence electrons. The molecule has 2 rings (SSSR count). The molecule has 0 bridgehead atoms. The molecule has 0 fully saturated rings. The zero-order valence-corrected chi connectivity index (χ0v) is 11.7. The van der Waals surface area contributed by atoms with Crippen molar-refractivity contribution in [3.8, 4) is 22.6 Å². The van der Waals surface area contributed by atoms with Crippen molar-refractivity contribution in [1.29, 1.82) is 0 Å². The monoisotopic (exact) mass is 275 g/mol. The van der Waals surface area contributed by atoms with E-state index in [0.29, 0.717) is 29.2 Å². The summed E-state index contributed by atoms with van der Waals surface area (Å²) >= 11 is 0. The summed E-state index contributed by atoms with van der Waals surface area (Å²) in [5.41, 5.74) is 7.69. The Labute approximate surface area is 118 Å². The van der Waals surface area contributed by atoms with Crippen LogP contribution in [0.25, 0.3) is 11.1 Å². The van der Waals surface area contributed by atoms with Crippen molar-refractivity contribution in [2.24, 2.45) is 5.73 Å². The van der Waals surface area contributed by atoms with Crippen LogP contribution in [0.2, 0.25) is 0 Å². The molecular formula is C16H18FNO2. The molecule has 0 saturated carbocycles. The zero-order valence-electron chi connectivity index (χ0n) is 11.7. The minimum Gasteiger partial charge on any atom is -0.496 e. The van der Waals surface area contributed by atoms with Gasteiger partial charge in [-0.15, -0.1) is 0 Å². The number of ether oxygens (including phenoxy) is 2. The van der Waals surface area contributed by atoms with Gasteiger partial charge in [0.05, 0.1) is 19.8 Å². The third-order valence-corrected chi connectivity index (χ3v) is 3.16. The average molecular weight is 275 g/mol. The SMILES string of the molecule is COc1ccc(CCN)cc1-c1c(F)cccc1OC. The largest absolute Gasteiger partial charge is 0.496 e. The molecule has 0 aliphatic rings. The van der Waals surface area contributed by atoms with Crippen molar-refractivity contribution in [3.63, 3.8) is 0 Å². The van der Waals surface area contributed by atoms with Gasteiger partial charge in [-0.3, -0.25) is 0 Å². The Morgan fingerprint density at radius 1 is 1.05 bits per heavy atom. The van der Waals surface area contributed by atoms with E-state index in [-0.39, 0.29) is 5.82 Å². The minimum atomic E-state index is -0.340. The van der Waals surface area contributed by atoms with Crippen LogP contribution in [0.4, 0.5) is 4.39 Å². The van der Waals surface area contributed by atoms with Gasteiger partial charge in [0.15, 0.2) is 0 Å². The summed E-state index contributed by atoms with van der Waals surface area (Å²) in [5.74, 6) is 0.745. The molecule has 0 saturated heterocycles. The predicted molar refractivity (Wildman–Crippen MR) is 77.7 cm³/mol. The maximum atomic E-state index is 14.2. The van der Waals surface area contributed by atoms with E-state index in [0.717, 1.165) is 12.0 Å². The first-order valence-electron chi connectivity index (χ1n) is 6.41. The highest BCUT2D eigenvalue weighted by Gasteiger charge is 2.16. The van der Waals surface area contributed by atoms with E-state index in [2.05, 4.69) is 0 Å². The van der Waals surface area contributed by atoms with Crippen LogP contribution < -0.4 is 15.2 Å². The van der Waals surface area contributed by atoms with Gasteiger partial charge >= 0.3 is 0 Å². The molecule has 0 atom stereocenters. The highest BCUT2D eigenvalue weighted by Crippen LogP contribution is 2.38. The van der Waals surface area contributed by atoms with E-state index in [9.17, 15) is 4.39 Å². The number of rotatable bonds is 5. The first-order chi connectivity index (χ1) is 9.71. The van der Waals surface area contributed by atoms with Gasteiger partial charge in [-0.1, -0.05) is 12.1 Å². The molecule has 0 radical (unpaired) electrons. The van der Waals surface area contributed by atoms with Crippen molar-refractivity contribution in [2.75, 3.05) is 20.8 Å². The van der Waals surface area contributed by atoms with Gasteiger partial charge in [0.2, 0.25) is 0 Å². The normalized spacial score (nSPS) is 10.4. The number of nitrogens with two attached hydrogens (primary N) is 1. The summed E-state index contributed by atoms with van der Waals surface area (Å²) in [6.07, 6.45) is 0.730. The lowest BCUT2D eigenvalue weighted by Gasteiger charge is -2.14. The van der Waals surface area contributed by atoms with Gasteiger partial charge in [0.1, 0.15) is 17.3 Å². The lowest BCUT2D eigenvalue weighted by atomic mass is 9.99. The van der Waals surface area contributed by atoms with E-state index in [4.69, 9.17) is 15.2 Å². The summed E-state index contributed by atoms with van der Waals surface area (Å²) in [5, 5.41) is 0. The zero-order chi connectivity index (χ0) is 14.5. The fourth-order valence-electron chi connectivity index (χ4n) is 2.21. The smallest absolute Gasteiger partial charge is 0.134 e. The summed E-state index contributed by atoms with van der Waals surface area (Å²) in [7, 11) is 3.09. The molecule has 0 heterocycles. The van der Waals surface area contributed by atoms with E-state index in [1.807, 2.05) is 18.2 Å². The van der Waals surface area contributed by atoms with Gasteiger partial charge < -0.3 is 15.2 Å². The molecule has 0 aromatic heterocycles. The van der Waals surface area contributed by atoms with Gasteiger partial charge in [0.25, 0.3) is 0 Å². The number of hydrogen-bond donors (Lipinski definition) is 1. The highest BCUT2D eigenvalue weighted by molar-refractivity contribution is 5.77. The quantitative estimate of drug-likeness (QED) is 0.912. The second kappa shape index (κ2) is 6.39. The van der Waals surface area contributed by atoms with Gasteiger partial charge in [-0.05, 0) is 42.8 Å². The van der Waals surface area contributed by atoms with Crippen LogP contribution in [0.5, 0.6) is 11.5 Å². The average Bonchev–Trinajstić information content (AvgIpc) is 2.47. The second-order valence-electron chi connectivity index (χ2n) is 4.39. The molecule has 3 nitrogen and oxygen atoms in total. The summed E-state index contributed by atoms with van der Waals surface area (Å²) < 4.78 is 24.8. The molecule has 2 aromatic rings. The lowest BCUT2D eigenvalue weighted by molar-refractivity contribution is 0.407. The van der Waals surface area contributed by atoms with Crippen LogP contribution in [0, 0.1) is 5.82 Å². The number of methoxy groups -OCH3 is 2. The maximum absolute atomic E-state index is 14.2. The number of halogens is 1. The molecule has 0 unspecified atom stereocenters. The first kappa shape index (κ1) is 14.3. The van der Waals surface area contributed by atoms with Crippen LogP contribution in [0.1, 0.15) is 5.56 Å². The van der Waals surface area contributed by atoms with Gasteiger partial charge in [-0.25, -0.2) is 4.39 Å². The van der Waals surface area contributed by atoms with Crippen LogP contribution in [0.15, 0.2) is 36.4 Å². The minimum absolute atomic E-state index is 0.340. The van der Waals surface area contributed by atoms with E-state index < -0.39 is 0 Å². The molecule has 2 N–H and O–H groups in total. The van der Waals surface area contributed by atoms with E-state index in [1.54, 1.807) is 19.2 Å². The van der Waals surface area contributed by atoms with Gasteiger partial charge in [-0.2, -0.15) is 0 Å². The Kier molecular flexibility index (Phi) is 4.58. The molecule has 4 heteroatoms. The lowest BCUT2D eigenvalue weighted by Crippen LogP contribution is -2.03. The molecule has 0 aliphatic carbocycles. The van der Waals surface area contributed by atoms with E-state index in [1.165, 1.54) is 13.2 Å². The fourth-order valence-corrected chi connectivity index (χ4v) is 2.21. The predicted octanol–water partition coefficient (Wildman–Crippen LogP) is 3.01. The third kappa shape index (κ3) is 2.75. The standard InChI is InChI=1S/C16H18FNO2/c1-19-14-7-6-11(8-9-18)10-12(14)16-13(17)4-3-5-15(16)20-2/h3-7,10H,8-9,18H2,1-2H3. The van der Waals surface area contributed by atoms with Gasteiger partial charge in [0, 0.05) is 5.56 Å². The third-order valence-electron chi connectivity index (χ3n) is 3.16. The fraction of sp³-hybridized carbons (Fsp3) is 0.250. The summed E-state index contributed by atoms with van der Waals surface area (Å²) in [4.78, 5) is 0. The number of benzene rings is 2. The van der Waals surface area contributed by atoms with Crippen molar-refractivity contribution >= 4 is 0 Å². The second-order valence-corrected chi connectivity index (χ2v) is 4.39. The molecule has 2 aromatic carbocycles.